The van der Waals surface area contributed by atoms with Crippen LogP contribution < -0.4 is 0 Å². The van der Waals surface area contributed by atoms with Crippen molar-refractivity contribution in [1.82, 2.24) is 4.90 Å². The van der Waals surface area contributed by atoms with Gasteiger partial charge in [-0.15, -0.1) is 12.4 Å². The highest BCUT2D eigenvalue weighted by Crippen LogP contribution is 1.92. The second-order valence-corrected chi connectivity index (χ2v) is 2.77. The van der Waals surface area contributed by atoms with Crippen LogP contribution in [-0.4, -0.2) is 35.6 Å². The summed E-state index contributed by atoms with van der Waals surface area (Å²) in [7, 11) is 1.96. The van der Waals surface area contributed by atoms with E-state index in [0.717, 1.165) is 0 Å². The zero-order valence-electron chi connectivity index (χ0n) is 7.65. The van der Waals surface area contributed by atoms with Gasteiger partial charge in [-0.25, -0.2) is 4.79 Å². The van der Waals surface area contributed by atoms with Crippen molar-refractivity contribution >= 4 is 18.4 Å². The lowest BCUT2D eigenvalue weighted by Crippen LogP contribution is -2.26. The average molecular weight is 194 g/mol. The van der Waals surface area contributed by atoms with E-state index in [4.69, 9.17) is 5.11 Å². The molecule has 0 fully saturated rings. The number of rotatable bonds is 4. The molecule has 0 radical (unpaired) electrons. The molecule has 0 rings (SSSR count). The number of hydrogen-bond donors (Lipinski definition) is 1. The van der Waals surface area contributed by atoms with Crippen LogP contribution in [0.15, 0.2) is 12.2 Å². The van der Waals surface area contributed by atoms with Crippen LogP contribution in [-0.2, 0) is 4.79 Å². The molecule has 0 spiro atoms. The Morgan fingerprint density at radius 1 is 1.58 bits per heavy atom. The molecule has 0 aliphatic carbocycles. The van der Waals surface area contributed by atoms with Gasteiger partial charge >= 0.3 is 5.97 Å². The van der Waals surface area contributed by atoms with E-state index in [0.29, 0.717) is 12.6 Å². The van der Waals surface area contributed by atoms with Crippen molar-refractivity contribution in [2.24, 2.45) is 0 Å². The Hall–Kier alpha value is -0.540. The molecule has 1 N–H and O–H groups in total. The zero-order chi connectivity index (χ0) is 8.85. The highest BCUT2D eigenvalue weighted by Gasteiger charge is 1.98. The second kappa shape index (κ2) is 7.13. The summed E-state index contributed by atoms with van der Waals surface area (Å²) in [6.07, 6.45) is 2.81. The fourth-order valence-electron chi connectivity index (χ4n) is 0.531. The van der Waals surface area contributed by atoms with Gasteiger partial charge in [-0.2, -0.15) is 0 Å². The molecule has 0 amide bonds. The van der Waals surface area contributed by atoms with Crippen molar-refractivity contribution in [2.75, 3.05) is 13.6 Å². The minimum atomic E-state index is -0.887. The van der Waals surface area contributed by atoms with Gasteiger partial charge in [0.05, 0.1) is 0 Å². The van der Waals surface area contributed by atoms with E-state index in [9.17, 15) is 4.79 Å². The van der Waals surface area contributed by atoms with Crippen LogP contribution in [0.25, 0.3) is 0 Å². The number of aliphatic carboxylic acids is 1. The fraction of sp³-hybridized carbons (Fsp3) is 0.625. The van der Waals surface area contributed by atoms with Crippen molar-refractivity contribution in [2.45, 2.75) is 19.9 Å². The molecule has 0 aliphatic heterocycles. The smallest absolute Gasteiger partial charge is 0.328 e. The quantitative estimate of drug-likeness (QED) is 0.686. The third-order valence-electron chi connectivity index (χ3n) is 1.54. The number of carbonyl (C=O) groups is 1. The summed E-state index contributed by atoms with van der Waals surface area (Å²) in [5.41, 5.74) is 0. The summed E-state index contributed by atoms with van der Waals surface area (Å²) in [5, 5.41) is 8.26. The monoisotopic (exact) mass is 193 g/mol. The van der Waals surface area contributed by atoms with Crippen LogP contribution in [0, 0.1) is 0 Å². The summed E-state index contributed by atoms with van der Waals surface area (Å²) in [6.45, 7) is 4.81. The molecule has 3 nitrogen and oxygen atoms in total. The van der Waals surface area contributed by atoms with Gasteiger partial charge in [-0.3, -0.25) is 0 Å². The third-order valence-corrected chi connectivity index (χ3v) is 1.54. The van der Waals surface area contributed by atoms with Crippen LogP contribution in [0.4, 0.5) is 0 Å². The first-order chi connectivity index (χ1) is 5.04. The van der Waals surface area contributed by atoms with Gasteiger partial charge in [-0.05, 0) is 20.9 Å². The standard InChI is InChI=1S/C8H15NO2.ClH/c1-7(2)9(3)6-4-5-8(10)11;/h4-5,7H,6H2,1-3H3,(H,10,11);1H/b5-4+;. The number of hydrogen-bond acceptors (Lipinski definition) is 2. The molecule has 0 aromatic heterocycles. The molecule has 0 unspecified atom stereocenters. The number of likely N-dealkylation sites (N-methyl/N-ethyl adjacent to an activating group) is 1. The predicted octanol–water partition coefficient (Wildman–Crippen LogP) is 1.39. The van der Waals surface area contributed by atoms with E-state index >= 15 is 0 Å². The molecule has 0 heterocycles. The lowest BCUT2D eigenvalue weighted by atomic mass is 10.3. The highest BCUT2D eigenvalue weighted by molar-refractivity contribution is 5.85. The van der Waals surface area contributed by atoms with E-state index in [-0.39, 0.29) is 12.4 Å². The zero-order valence-corrected chi connectivity index (χ0v) is 8.47. The van der Waals surface area contributed by atoms with Gasteiger partial charge in [0.15, 0.2) is 0 Å². The van der Waals surface area contributed by atoms with Crippen molar-refractivity contribution in [3.63, 3.8) is 0 Å². The van der Waals surface area contributed by atoms with Gasteiger partial charge in [-0.1, -0.05) is 6.08 Å². The molecule has 0 bridgehead atoms. The van der Waals surface area contributed by atoms with E-state index in [1.807, 2.05) is 7.05 Å². The summed E-state index contributed by atoms with van der Waals surface area (Å²) in [5.74, 6) is -0.887. The number of carboxylic acids is 1. The maximum Gasteiger partial charge on any atom is 0.328 e. The molecule has 0 aliphatic rings. The Bertz CT molecular complexity index is 157. The van der Waals surface area contributed by atoms with Crippen LogP contribution >= 0.6 is 12.4 Å². The van der Waals surface area contributed by atoms with Crippen LogP contribution in [0.3, 0.4) is 0 Å². The first kappa shape index (κ1) is 14.0. The lowest BCUT2D eigenvalue weighted by molar-refractivity contribution is -0.131. The normalized spacial score (nSPS) is 10.8. The Morgan fingerprint density at radius 2 is 2.08 bits per heavy atom. The third kappa shape index (κ3) is 7.57. The van der Waals surface area contributed by atoms with Gasteiger partial charge in [0.1, 0.15) is 0 Å². The van der Waals surface area contributed by atoms with Crippen molar-refractivity contribution in [1.29, 1.82) is 0 Å². The molecule has 0 saturated carbocycles. The Kier molecular flexibility index (Phi) is 8.32. The van der Waals surface area contributed by atoms with Crippen LogP contribution in [0.5, 0.6) is 0 Å². The summed E-state index contributed by atoms with van der Waals surface area (Å²) in [4.78, 5) is 12.1. The number of carboxylic acid groups (broad SMARTS) is 1. The maximum absolute atomic E-state index is 10.0. The second-order valence-electron chi connectivity index (χ2n) is 2.77. The molecular formula is C8H16ClNO2. The van der Waals surface area contributed by atoms with E-state index in [2.05, 4.69) is 18.7 Å². The maximum atomic E-state index is 10.0. The number of halogens is 1. The predicted molar refractivity (Wildman–Crippen MR) is 51.8 cm³/mol. The minimum Gasteiger partial charge on any atom is -0.478 e. The molecular weight excluding hydrogens is 178 g/mol. The average Bonchev–Trinajstić information content (AvgIpc) is 1.86. The van der Waals surface area contributed by atoms with Gasteiger partial charge in [0, 0.05) is 18.7 Å². The Balaban J connectivity index is 0. The molecule has 0 aromatic rings. The molecule has 12 heavy (non-hydrogen) atoms. The first-order valence-electron chi connectivity index (χ1n) is 3.63. The molecule has 4 heteroatoms. The van der Waals surface area contributed by atoms with Gasteiger partial charge in [0.2, 0.25) is 0 Å². The van der Waals surface area contributed by atoms with Crippen molar-refractivity contribution in [3.05, 3.63) is 12.2 Å². The van der Waals surface area contributed by atoms with Crippen molar-refractivity contribution in [3.8, 4) is 0 Å². The molecule has 0 aromatic carbocycles. The number of nitrogens with zero attached hydrogens (tertiary/aromatic N) is 1. The van der Waals surface area contributed by atoms with Crippen LogP contribution in [0.1, 0.15) is 13.8 Å². The van der Waals surface area contributed by atoms with Crippen molar-refractivity contribution < 1.29 is 9.90 Å². The molecule has 0 atom stereocenters. The van der Waals surface area contributed by atoms with Crippen LogP contribution in [0.2, 0.25) is 0 Å². The Labute approximate surface area is 79.5 Å². The summed E-state index contributed by atoms with van der Waals surface area (Å²) < 4.78 is 0. The summed E-state index contributed by atoms with van der Waals surface area (Å²) in [6, 6.07) is 0.452. The highest BCUT2D eigenvalue weighted by atomic mass is 35.5. The lowest BCUT2D eigenvalue weighted by Gasteiger charge is -2.18. The van der Waals surface area contributed by atoms with E-state index in [1.165, 1.54) is 6.08 Å². The molecule has 0 saturated heterocycles. The fourth-order valence-corrected chi connectivity index (χ4v) is 0.531. The Morgan fingerprint density at radius 3 is 2.42 bits per heavy atom. The largest absolute Gasteiger partial charge is 0.478 e. The summed E-state index contributed by atoms with van der Waals surface area (Å²) >= 11 is 0. The van der Waals surface area contributed by atoms with Gasteiger partial charge in [0.25, 0.3) is 0 Å². The SMILES string of the molecule is CC(C)N(C)C/C=C/C(=O)O.Cl. The minimum absolute atomic E-state index is 0. The topological polar surface area (TPSA) is 40.5 Å². The molecule has 72 valence electrons. The van der Waals surface area contributed by atoms with E-state index < -0.39 is 5.97 Å². The van der Waals surface area contributed by atoms with Gasteiger partial charge < -0.3 is 10.0 Å². The van der Waals surface area contributed by atoms with E-state index in [1.54, 1.807) is 6.08 Å². The first-order valence-corrected chi connectivity index (χ1v) is 3.63.